The first kappa shape index (κ1) is 8.55. The summed E-state index contributed by atoms with van der Waals surface area (Å²) in [5.41, 5.74) is 6.51. The van der Waals surface area contributed by atoms with Gasteiger partial charge in [-0.1, -0.05) is 0 Å². The van der Waals surface area contributed by atoms with Crippen LogP contribution in [0.1, 0.15) is 5.56 Å². The van der Waals surface area contributed by atoms with Crippen molar-refractivity contribution in [2.45, 2.75) is 6.42 Å². The Labute approximate surface area is 80.4 Å². The molecular formula is C9H8N4O. The van der Waals surface area contributed by atoms with E-state index in [9.17, 15) is 4.79 Å². The third-order valence-corrected chi connectivity index (χ3v) is 1.93. The van der Waals surface area contributed by atoms with E-state index in [2.05, 4.69) is 15.0 Å². The minimum Gasteiger partial charge on any atom is -0.366 e. The van der Waals surface area contributed by atoms with Crippen molar-refractivity contribution < 1.29 is 4.79 Å². The highest BCUT2D eigenvalue weighted by molar-refractivity contribution is 5.97. The summed E-state index contributed by atoms with van der Waals surface area (Å²) in [6, 6.07) is 0. The fraction of sp³-hybridized carbons (Fsp3) is 0.111. The maximum absolute atomic E-state index is 11.0. The van der Waals surface area contributed by atoms with E-state index in [0.717, 1.165) is 5.56 Å². The van der Waals surface area contributed by atoms with Crippen LogP contribution < -0.4 is 5.73 Å². The van der Waals surface area contributed by atoms with Gasteiger partial charge in [0.05, 0.1) is 0 Å². The van der Waals surface area contributed by atoms with E-state index in [1.165, 1.54) is 12.5 Å². The average molecular weight is 188 g/mol. The van der Waals surface area contributed by atoms with E-state index in [1.807, 2.05) is 0 Å². The van der Waals surface area contributed by atoms with Gasteiger partial charge in [0.25, 0.3) is 0 Å². The number of nitrogens with two attached hydrogens (primary N) is 1. The number of nitrogens with zero attached hydrogens (tertiary/aromatic N) is 3. The van der Waals surface area contributed by atoms with E-state index in [1.54, 1.807) is 12.3 Å². The average Bonchev–Trinajstić information content (AvgIpc) is 2.39. The molecule has 2 rings (SSSR count). The molecule has 5 nitrogen and oxygen atoms in total. The first-order chi connectivity index (χ1) is 6.77. The lowest BCUT2D eigenvalue weighted by Crippen LogP contribution is -2.15. The summed E-state index contributed by atoms with van der Waals surface area (Å²) in [6.45, 7) is 0. The molecule has 5 heteroatoms. The van der Waals surface area contributed by atoms with Gasteiger partial charge < -0.3 is 5.73 Å². The molecule has 0 bridgehead atoms. The highest BCUT2D eigenvalue weighted by Crippen LogP contribution is 2.19. The Balaban J connectivity index is 2.42. The normalized spacial score (nSPS) is 14.1. The van der Waals surface area contributed by atoms with Gasteiger partial charge >= 0.3 is 0 Å². The van der Waals surface area contributed by atoms with Crippen molar-refractivity contribution in [3.63, 3.8) is 0 Å². The number of hydrogen-bond acceptors (Lipinski definition) is 4. The number of carbonyl (C=O) groups excluding carboxylic acids is 1. The van der Waals surface area contributed by atoms with Crippen molar-refractivity contribution in [3.8, 4) is 0 Å². The number of primary amides is 1. The van der Waals surface area contributed by atoms with Crippen molar-refractivity contribution >= 4 is 17.9 Å². The molecule has 1 amide bonds. The molecule has 70 valence electrons. The summed E-state index contributed by atoms with van der Waals surface area (Å²) in [4.78, 5) is 22.9. The number of aromatic nitrogens is 2. The Morgan fingerprint density at radius 3 is 3.14 bits per heavy atom. The number of aliphatic imine (C=N–C) groups is 1. The zero-order valence-electron chi connectivity index (χ0n) is 7.34. The molecule has 0 radical (unpaired) electrons. The van der Waals surface area contributed by atoms with E-state index in [-0.39, 0.29) is 0 Å². The lowest BCUT2D eigenvalue weighted by Gasteiger charge is -2.01. The van der Waals surface area contributed by atoms with Gasteiger partial charge in [-0.25, -0.2) is 15.0 Å². The van der Waals surface area contributed by atoms with Crippen LogP contribution in [0.2, 0.25) is 0 Å². The minimum atomic E-state index is -0.437. The highest BCUT2D eigenvalue weighted by Gasteiger charge is 2.11. The van der Waals surface area contributed by atoms with Gasteiger partial charge in [-0.15, -0.1) is 0 Å². The molecule has 0 aliphatic carbocycles. The quantitative estimate of drug-likeness (QED) is 0.680. The molecule has 1 aromatic heterocycles. The molecule has 0 fully saturated rings. The summed E-state index contributed by atoms with van der Waals surface area (Å²) in [5.74, 6) is 0.153. The molecule has 0 aromatic carbocycles. The smallest absolute Gasteiger partial charge is 0.245 e. The van der Waals surface area contributed by atoms with Crippen LogP contribution >= 0.6 is 0 Å². The second-order valence-corrected chi connectivity index (χ2v) is 2.88. The largest absolute Gasteiger partial charge is 0.366 e. The van der Waals surface area contributed by atoms with E-state index < -0.39 is 5.91 Å². The standard InChI is InChI=1S/C9H8N4O/c10-8(14)6-1-2-12-9-7(3-6)4-11-5-13-9/h1-2,4-5H,3H2,(H2,10,14). The number of rotatable bonds is 1. The Morgan fingerprint density at radius 1 is 1.50 bits per heavy atom. The number of carbonyl (C=O) groups is 1. The summed E-state index contributed by atoms with van der Waals surface area (Å²) >= 11 is 0. The zero-order valence-corrected chi connectivity index (χ0v) is 7.34. The molecule has 0 saturated carbocycles. The number of fused-ring (bicyclic) bond motifs is 1. The highest BCUT2D eigenvalue weighted by atomic mass is 16.1. The molecule has 1 aromatic rings. The van der Waals surface area contributed by atoms with Gasteiger partial charge in [-0.05, 0) is 6.08 Å². The molecule has 0 saturated heterocycles. The molecule has 0 atom stereocenters. The maximum atomic E-state index is 11.0. The Hall–Kier alpha value is -2.04. The van der Waals surface area contributed by atoms with Gasteiger partial charge in [0.2, 0.25) is 5.91 Å². The molecule has 14 heavy (non-hydrogen) atoms. The van der Waals surface area contributed by atoms with Crippen LogP contribution in [0.5, 0.6) is 0 Å². The predicted octanol–water partition coefficient (Wildman–Crippen LogP) is 0.147. The van der Waals surface area contributed by atoms with E-state index in [0.29, 0.717) is 17.8 Å². The van der Waals surface area contributed by atoms with Gasteiger partial charge in [-0.3, -0.25) is 4.79 Å². The number of allylic oxidation sites excluding steroid dienone is 1. The van der Waals surface area contributed by atoms with Crippen molar-refractivity contribution in [1.82, 2.24) is 9.97 Å². The first-order valence-corrected chi connectivity index (χ1v) is 4.09. The zero-order chi connectivity index (χ0) is 9.97. The minimum absolute atomic E-state index is 0.436. The topological polar surface area (TPSA) is 81.2 Å². The van der Waals surface area contributed by atoms with Crippen LogP contribution in [-0.4, -0.2) is 22.1 Å². The molecule has 1 aliphatic rings. The summed E-state index contributed by atoms with van der Waals surface area (Å²) in [5, 5.41) is 0. The number of hydrogen-bond donors (Lipinski definition) is 1. The summed E-state index contributed by atoms with van der Waals surface area (Å²) in [7, 11) is 0. The van der Waals surface area contributed by atoms with Crippen LogP contribution in [-0.2, 0) is 11.2 Å². The lowest BCUT2D eigenvalue weighted by atomic mass is 10.1. The molecule has 2 N–H and O–H groups in total. The molecule has 0 spiro atoms. The Bertz CT molecular complexity index is 436. The Morgan fingerprint density at radius 2 is 2.36 bits per heavy atom. The van der Waals surface area contributed by atoms with Crippen molar-refractivity contribution in [2.24, 2.45) is 10.7 Å². The van der Waals surface area contributed by atoms with Crippen LogP contribution in [0.4, 0.5) is 5.82 Å². The van der Waals surface area contributed by atoms with Gasteiger partial charge in [0.1, 0.15) is 6.33 Å². The molecular weight excluding hydrogens is 180 g/mol. The van der Waals surface area contributed by atoms with Crippen LogP contribution in [0.25, 0.3) is 0 Å². The molecule has 1 aliphatic heterocycles. The van der Waals surface area contributed by atoms with Crippen molar-refractivity contribution in [1.29, 1.82) is 0 Å². The lowest BCUT2D eigenvalue weighted by molar-refractivity contribution is -0.114. The number of amides is 1. The summed E-state index contributed by atoms with van der Waals surface area (Å²) < 4.78 is 0. The van der Waals surface area contributed by atoms with Gasteiger partial charge in [0.15, 0.2) is 5.82 Å². The van der Waals surface area contributed by atoms with Crippen LogP contribution in [0.15, 0.2) is 29.2 Å². The van der Waals surface area contributed by atoms with Crippen molar-refractivity contribution in [3.05, 3.63) is 29.7 Å². The Kier molecular flexibility index (Phi) is 2.06. The predicted molar refractivity (Wildman–Crippen MR) is 51.2 cm³/mol. The molecule has 0 unspecified atom stereocenters. The maximum Gasteiger partial charge on any atom is 0.245 e. The monoisotopic (exact) mass is 188 g/mol. The van der Waals surface area contributed by atoms with Crippen LogP contribution in [0.3, 0.4) is 0 Å². The first-order valence-electron chi connectivity index (χ1n) is 4.09. The van der Waals surface area contributed by atoms with E-state index in [4.69, 9.17) is 5.73 Å². The van der Waals surface area contributed by atoms with Gasteiger partial charge in [0, 0.05) is 30.0 Å². The summed E-state index contributed by atoms with van der Waals surface area (Å²) in [6.07, 6.45) is 6.63. The molecule has 2 heterocycles. The van der Waals surface area contributed by atoms with Crippen LogP contribution in [0, 0.1) is 0 Å². The third kappa shape index (κ3) is 1.52. The third-order valence-electron chi connectivity index (χ3n) is 1.93. The van der Waals surface area contributed by atoms with E-state index >= 15 is 0 Å². The van der Waals surface area contributed by atoms with Gasteiger partial charge in [-0.2, -0.15) is 0 Å². The second-order valence-electron chi connectivity index (χ2n) is 2.88. The fourth-order valence-corrected chi connectivity index (χ4v) is 1.22. The fourth-order valence-electron chi connectivity index (χ4n) is 1.22. The SMILES string of the molecule is NC(=O)C1=CC=Nc2ncncc2C1. The second kappa shape index (κ2) is 3.37. The van der Waals surface area contributed by atoms with Crippen molar-refractivity contribution in [2.75, 3.05) is 0 Å².